The van der Waals surface area contributed by atoms with Gasteiger partial charge in [-0.25, -0.2) is 0 Å². The molecule has 0 atom stereocenters. The van der Waals surface area contributed by atoms with Crippen LogP contribution >= 0.6 is 23.6 Å². The molecule has 1 aliphatic carbocycles. The molecule has 2 N–H and O–H groups in total. The van der Waals surface area contributed by atoms with Crippen molar-refractivity contribution in [3.05, 3.63) is 40.3 Å². The van der Waals surface area contributed by atoms with Crippen LogP contribution in [-0.4, -0.2) is 12.2 Å². The molecule has 0 unspecified atom stereocenters. The number of ether oxygens (including phenoxy) is 1. The molecule has 3 rings (SSSR count). The fourth-order valence-corrected chi connectivity index (χ4v) is 4.24. The first kappa shape index (κ1) is 15.8. The topological polar surface area (TPSA) is 57.1 Å². The molecule has 0 bridgehead atoms. The highest BCUT2D eigenvalue weighted by Crippen LogP contribution is 2.37. The van der Waals surface area contributed by atoms with Crippen molar-refractivity contribution in [2.45, 2.75) is 25.7 Å². The lowest BCUT2D eigenvalue weighted by Crippen LogP contribution is -2.18. The van der Waals surface area contributed by atoms with Crippen LogP contribution in [0.15, 0.2) is 24.3 Å². The zero-order valence-electron chi connectivity index (χ0n) is 12.8. The van der Waals surface area contributed by atoms with Crippen molar-refractivity contribution in [3.8, 4) is 11.8 Å². The molecule has 0 spiro atoms. The Bertz CT molecular complexity index is 759. The molecule has 4 nitrogen and oxygen atoms in total. The van der Waals surface area contributed by atoms with Gasteiger partial charge in [0.1, 0.15) is 16.8 Å². The van der Waals surface area contributed by atoms with Crippen LogP contribution in [0.1, 0.15) is 28.8 Å². The lowest BCUT2D eigenvalue weighted by atomic mass is 9.96. The fraction of sp³-hybridized carbons (Fsp3) is 0.294. The third kappa shape index (κ3) is 3.46. The molecule has 0 saturated carbocycles. The highest BCUT2D eigenvalue weighted by atomic mass is 32.1. The van der Waals surface area contributed by atoms with Crippen molar-refractivity contribution < 1.29 is 4.74 Å². The molecule has 0 aliphatic heterocycles. The summed E-state index contributed by atoms with van der Waals surface area (Å²) in [5.74, 6) is 0.798. The largest absolute Gasteiger partial charge is 0.497 e. The Hall–Kier alpha value is -2.10. The number of rotatable bonds is 3. The van der Waals surface area contributed by atoms with E-state index < -0.39 is 0 Å². The second-order valence-corrected chi connectivity index (χ2v) is 6.85. The molecule has 1 aromatic carbocycles. The Morgan fingerprint density at radius 3 is 2.65 bits per heavy atom. The van der Waals surface area contributed by atoms with Crippen LogP contribution in [0.2, 0.25) is 0 Å². The molecule has 0 saturated heterocycles. The highest BCUT2D eigenvalue weighted by Gasteiger charge is 2.21. The Kier molecular flexibility index (Phi) is 4.79. The summed E-state index contributed by atoms with van der Waals surface area (Å²) in [6, 6.07) is 9.87. The minimum Gasteiger partial charge on any atom is -0.497 e. The summed E-state index contributed by atoms with van der Waals surface area (Å²) >= 11 is 7.02. The molecule has 6 heteroatoms. The minimum absolute atomic E-state index is 0.491. The fourth-order valence-electron chi connectivity index (χ4n) is 2.71. The van der Waals surface area contributed by atoms with Gasteiger partial charge in [0.2, 0.25) is 0 Å². The van der Waals surface area contributed by atoms with Gasteiger partial charge >= 0.3 is 0 Å². The summed E-state index contributed by atoms with van der Waals surface area (Å²) < 4.78 is 5.14. The predicted octanol–water partition coefficient (Wildman–Crippen LogP) is 4.32. The lowest BCUT2D eigenvalue weighted by molar-refractivity contribution is 0.415. The van der Waals surface area contributed by atoms with Crippen LogP contribution in [0.25, 0.3) is 0 Å². The van der Waals surface area contributed by atoms with Crippen LogP contribution in [0.5, 0.6) is 5.75 Å². The molecule has 0 fully saturated rings. The van der Waals surface area contributed by atoms with Crippen molar-refractivity contribution in [2.75, 3.05) is 17.7 Å². The molecule has 1 aliphatic rings. The van der Waals surface area contributed by atoms with Crippen LogP contribution in [0.3, 0.4) is 0 Å². The van der Waals surface area contributed by atoms with Crippen molar-refractivity contribution in [1.82, 2.24) is 0 Å². The first-order valence-electron chi connectivity index (χ1n) is 7.48. The summed E-state index contributed by atoms with van der Waals surface area (Å²) in [4.78, 5) is 1.32. The zero-order chi connectivity index (χ0) is 16.2. The number of aryl methyl sites for hydroxylation is 1. The van der Waals surface area contributed by atoms with Crippen LogP contribution < -0.4 is 15.4 Å². The minimum atomic E-state index is 0.491. The number of nitriles is 1. The second-order valence-electron chi connectivity index (χ2n) is 5.33. The van der Waals surface area contributed by atoms with Gasteiger partial charge in [0.05, 0.1) is 12.7 Å². The van der Waals surface area contributed by atoms with Crippen molar-refractivity contribution in [1.29, 1.82) is 5.26 Å². The zero-order valence-corrected chi connectivity index (χ0v) is 14.4. The number of benzene rings is 1. The molecular formula is C17H17N3OS2. The number of hydrogen-bond acceptors (Lipinski definition) is 4. The molecule has 1 aromatic heterocycles. The molecular weight excluding hydrogens is 326 g/mol. The maximum Gasteiger partial charge on any atom is 0.175 e. The summed E-state index contributed by atoms with van der Waals surface area (Å²) in [6.07, 6.45) is 4.42. The first-order valence-corrected chi connectivity index (χ1v) is 8.70. The van der Waals surface area contributed by atoms with Gasteiger partial charge in [-0.3, -0.25) is 0 Å². The number of fused-ring (bicyclic) bond motifs is 1. The molecule has 0 radical (unpaired) electrons. The lowest BCUT2D eigenvalue weighted by Gasteiger charge is -2.10. The van der Waals surface area contributed by atoms with Gasteiger partial charge in [0, 0.05) is 10.6 Å². The average Bonchev–Trinajstić information content (AvgIpc) is 2.92. The number of nitrogens with zero attached hydrogens (tertiary/aromatic N) is 1. The number of nitrogens with one attached hydrogen (secondary N) is 2. The van der Waals surface area contributed by atoms with Crippen LogP contribution in [0.4, 0.5) is 10.7 Å². The van der Waals surface area contributed by atoms with E-state index >= 15 is 0 Å². The third-order valence-corrected chi connectivity index (χ3v) is 5.27. The molecule has 23 heavy (non-hydrogen) atoms. The highest BCUT2D eigenvalue weighted by molar-refractivity contribution is 7.80. The van der Waals surface area contributed by atoms with E-state index in [-0.39, 0.29) is 0 Å². The average molecular weight is 343 g/mol. The van der Waals surface area contributed by atoms with Crippen LogP contribution in [-0.2, 0) is 12.8 Å². The third-order valence-electron chi connectivity index (χ3n) is 3.86. The van der Waals surface area contributed by atoms with Gasteiger partial charge in [-0.05, 0) is 67.7 Å². The normalized spacial score (nSPS) is 12.9. The Morgan fingerprint density at radius 1 is 1.22 bits per heavy atom. The summed E-state index contributed by atoms with van der Waals surface area (Å²) in [7, 11) is 1.64. The first-order chi connectivity index (χ1) is 11.2. The Balaban J connectivity index is 1.72. The number of thiophene rings is 1. The summed E-state index contributed by atoms with van der Waals surface area (Å²) in [5.41, 5.74) is 2.84. The van der Waals surface area contributed by atoms with E-state index in [0.717, 1.165) is 41.3 Å². The van der Waals surface area contributed by atoms with Gasteiger partial charge in [-0.15, -0.1) is 11.3 Å². The van der Waals surface area contributed by atoms with E-state index in [1.54, 1.807) is 18.4 Å². The van der Waals surface area contributed by atoms with Crippen molar-refractivity contribution >= 4 is 39.4 Å². The van der Waals surface area contributed by atoms with Crippen LogP contribution in [0, 0.1) is 11.3 Å². The number of methoxy groups -OCH3 is 1. The van der Waals surface area contributed by atoms with E-state index in [2.05, 4.69) is 16.7 Å². The maximum atomic E-state index is 9.46. The van der Waals surface area contributed by atoms with E-state index in [0.29, 0.717) is 5.11 Å². The second kappa shape index (κ2) is 6.99. The standard InChI is InChI=1S/C17H17N3OS2/c1-21-12-8-6-11(7-9-12)19-17(22)20-16-14(10-18)13-4-2-3-5-15(13)23-16/h6-9H,2-5H2,1H3,(H2,19,20,22). The van der Waals surface area contributed by atoms with E-state index in [1.807, 2.05) is 24.3 Å². The number of anilines is 2. The maximum absolute atomic E-state index is 9.46. The number of hydrogen-bond donors (Lipinski definition) is 2. The van der Waals surface area contributed by atoms with E-state index in [4.69, 9.17) is 17.0 Å². The van der Waals surface area contributed by atoms with Crippen molar-refractivity contribution in [2.24, 2.45) is 0 Å². The van der Waals surface area contributed by atoms with Gasteiger partial charge in [-0.2, -0.15) is 5.26 Å². The predicted molar refractivity (Wildman–Crippen MR) is 98.5 cm³/mol. The molecule has 118 valence electrons. The SMILES string of the molecule is COc1ccc(NC(=S)Nc2sc3c(c2C#N)CCCC3)cc1. The van der Waals surface area contributed by atoms with Gasteiger partial charge in [0.25, 0.3) is 0 Å². The summed E-state index contributed by atoms with van der Waals surface area (Å²) in [6.45, 7) is 0. The molecule has 1 heterocycles. The van der Waals surface area contributed by atoms with Gasteiger partial charge in [0.15, 0.2) is 5.11 Å². The van der Waals surface area contributed by atoms with Gasteiger partial charge < -0.3 is 15.4 Å². The summed E-state index contributed by atoms with van der Waals surface area (Å²) in [5, 5.41) is 17.1. The van der Waals surface area contributed by atoms with Crippen molar-refractivity contribution in [3.63, 3.8) is 0 Å². The van der Waals surface area contributed by atoms with E-state index in [1.165, 1.54) is 16.9 Å². The smallest absolute Gasteiger partial charge is 0.175 e. The number of thiocarbonyl (C=S) groups is 1. The van der Waals surface area contributed by atoms with Gasteiger partial charge in [-0.1, -0.05) is 0 Å². The Labute approximate surface area is 145 Å². The molecule has 2 aromatic rings. The quantitative estimate of drug-likeness (QED) is 0.813. The Morgan fingerprint density at radius 2 is 1.96 bits per heavy atom. The molecule has 0 amide bonds. The van der Waals surface area contributed by atoms with E-state index in [9.17, 15) is 5.26 Å². The monoisotopic (exact) mass is 343 g/mol.